The summed E-state index contributed by atoms with van der Waals surface area (Å²) in [5.41, 5.74) is -0.129. The minimum absolute atomic E-state index is 0.211. The van der Waals surface area contributed by atoms with Gasteiger partial charge in [-0.1, -0.05) is 0 Å². The number of allylic oxidation sites excluding steroid dienone is 1. The second-order valence-electron chi connectivity index (χ2n) is 3.33. The van der Waals surface area contributed by atoms with Gasteiger partial charge in [-0.2, -0.15) is 0 Å². The van der Waals surface area contributed by atoms with Crippen LogP contribution in [0.1, 0.15) is 12.5 Å². The van der Waals surface area contributed by atoms with Gasteiger partial charge in [0.2, 0.25) is 0 Å². The lowest BCUT2D eigenvalue weighted by Crippen LogP contribution is -2.16. The molecule has 0 fully saturated rings. The maximum absolute atomic E-state index is 12.7. The number of ether oxygens (including phenoxy) is 1. The molecule has 0 aliphatic heterocycles. The van der Waals surface area contributed by atoms with Crippen LogP contribution in [0.15, 0.2) is 35.6 Å². The van der Waals surface area contributed by atoms with Gasteiger partial charge >= 0.3 is 5.97 Å². The lowest BCUT2D eigenvalue weighted by molar-refractivity contribution is -0.135. The number of methoxy groups -OCH3 is 1. The van der Waals surface area contributed by atoms with Crippen molar-refractivity contribution < 1.29 is 19.0 Å². The van der Waals surface area contributed by atoms with Crippen LogP contribution in [0, 0.1) is 11.2 Å². The first kappa shape index (κ1) is 12.9. The van der Waals surface area contributed by atoms with Crippen molar-refractivity contribution >= 4 is 11.7 Å². The molecule has 0 aromatic heterocycles. The predicted octanol–water partition coefficient (Wildman–Crippen LogP) is 2.20. The Morgan fingerprint density at radius 1 is 1.35 bits per heavy atom. The van der Waals surface area contributed by atoms with Gasteiger partial charge in [0.25, 0.3) is 0 Å². The van der Waals surface area contributed by atoms with Gasteiger partial charge in [-0.15, -0.1) is 0 Å². The molecule has 1 rings (SSSR count). The van der Waals surface area contributed by atoms with Gasteiger partial charge in [0.15, 0.2) is 0 Å². The minimum Gasteiger partial charge on any atom is -0.512 e. The SMILES string of the molecule is COC(=O)/C(C(=N)c1ccc(F)cc1)=C(\C)O. The minimum atomic E-state index is -0.806. The number of carbonyl (C=O) groups is 1. The Morgan fingerprint density at radius 3 is 2.29 bits per heavy atom. The van der Waals surface area contributed by atoms with Gasteiger partial charge in [-0.05, 0) is 31.2 Å². The molecule has 5 heteroatoms. The highest BCUT2D eigenvalue weighted by Crippen LogP contribution is 2.13. The Balaban J connectivity index is 3.15. The van der Waals surface area contributed by atoms with Gasteiger partial charge in [-0.3, -0.25) is 5.41 Å². The highest BCUT2D eigenvalue weighted by atomic mass is 19.1. The summed E-state index contributed by atoms with van der Waals surface area (Å²) in [7, 11) is 1.16. The lowest BCUT2D eigenvalue weighted by atomic mass is 10.0. The average Bonchev–Trinajstić information content (AvgIpc) is 2.29. The maximum atomic E-state index is 12.7. The van der Waals surface area contributed by atoms with Crippen molar-refractivity contribution in [3.63, 3.8) is 0 Å². The predicted molar refractivity (Wildman–Crippen MR) is 60.6 cm³/mol. The zero-order chi connectivity index (χ0) is 13.0. The molecule has 0 atom stereocenters. The quantitative estimate of drug-likeness (QED) is 0.366. The van der Waals surface area contributed by atoms with Crippen molar-refractivity contribution in [2.45, 2.75) is 6.92 Å². The largest absolute Gasteiger partial charge is 0.512 e. The zero-order valence-electron chi connectivity index (χ0n) is 9.45. The molecule has 0 saturated carbocycles. The Kier molecular flexibility index (Phi) is 3.98. The summed E-state index contributed by atoms with van der Waals surface area (Å²) in [4.78, 5) is 11.4. The van der Waals surface area contributed by atoms with E-state index in [1.54, 1.807) is 0 Å². The van der Waals surface area contributed by atoms with Crippen LogP contribution < -0.4 is 0 Å². The number of nitrogens with one attached hydrogen (secondary N) is 1. The van der Waals surface area contributed by atoms with Crippen LogP contribution in [0.4, 0.5) is 4.39 Å². The summed E-state index contributed by atoms with van der Waals surface area (Å²) in [5.74, 6) is -1.56. The molecule has 1 aromatic rings. The smallest absolute Gasteiger partial charge is 0.343 e. The monoisotopic (exact) mass is 237 g/mol. The second-order valence-corrected chi connectivity index (χ2v) is 3.33. The van der Waals surface area contributed by atoms with Crippen molar-refractivity contribution in [2.24, 2.45) is 0 Å². The summed E-state index contributed by atoms with van der Waals surface area (Å²) >= 11 is 0. The molecule has 0 heterocycles. The Labute approximate surface area is 97.9 Å². The van der Waals surface area contributed by atoms with E-state index in [2.05, 4.69) is 4.74 Å². The summed E-state index contributed by atoms with van der Waals surface area (Å²) < 4.78 is 17.2. The van der Waals surface area contributed by atoms with Crippen LogP contribution in [0.5, 0.6) is 0 Å². The van der Waals surface area contributed by atoms with Crippen molar-refractivity contribution in [1.82, 2.24) is 0 Å². The Bertz CT molecular complexity index is 473. The summed E-state index contributed by atoms with van der Waals surface area (Å²) in [6.07, 6.45) is 0. The second kappa shape index (κ2) is 5.25. The van der Waals surface area contributed by atoms with Crippen molar-refractivity contribution in [1.29, 1.82) is 5.41 Å². The number of hydrogen-bond donors (Lipinski definition) is 2. The summed E-state index contributed by atoms with van der Waals surface area (Å²) in [5, 5.41) is 17.1. The Hall–Kier alpha value is -2.17. The molecule has 4 nitrogen and oxygen atoms in total. The van der Waals surface area contributed by atoms with Crippen molar-refractivity contribution in [2.75, 3.05) is 7.11 Å². The van der Waals surface area contributed by atoms with E-state index in [1.165, 1.54) is 31.2 Å². The van der Waals surface area contributed by atoms with E-state index in [-0.39, 0.29) is 17.0 Å². The molecule has 0 aliphatic rings. The van der Waals surface area contributed by atoms with Crippen LogP contribution in [-0.4, -0.2) is 23.9 Å². The van der Waals surface area contributed by atoms with Crippen LogP contribution in [0.25, 0.3) is 0 Å². The summed E-state index contributed by atoms with van der Waals surface area (Å²) in [6.45, 7) is 1.28. The molecule has 90 valence electrons. The fourth-order valence-corrected chi connectivity index (χ4v) is 1.29. The molecule has 0 saturated heterocycles. The number of aliphatic hydroxyl groups excluding tert-OH is 1. The molecule has 0 spiro atoms. The molecular weight excluding hydrogens is 225 g/mol. The number of esters is 1. The fourth-order valence-electron chi connectivity index (χ4n) is 1.29. The van der Waals surface area contributed by atoms with Gasteiger partial charge < -0.3 is 9.84 Å². The normalized spacial score (nSPS) is 11.7. The number of halogens is 1. The fraction of sp³-hybridized carbons (Fsp3) is 0.167. The number of benzene rings is 1. The van der Waals surface area contributed by atoms with E-state index in [0.717, 1.165) is 7.11 Å². The van der Waals surface area contributed by atoms with E-state index >= 15 is 0 Å². The first-order valence-corrected chi connectivity index (χ1v) is 4.80. The molecule has 0 amide bonds. The number of aliphatic hydroxyl groups is 1. The van der Waals surface area contributed by atoms with Gasteiger partial charge in [0.1, 0.15) is 17.1 Å². The molecule has 0 radical (unpaired) electrons. The highest BCUT2D eigenvalue weighted by Gasteiger charge is 2.20. The molecule has 1 aromatic carbocycles. The number of rotatable bonds is 3. The van der Waals surface area contributed by atoms with Crippen LogP contribution in [0.3, 0.4) is 0 Å². The lowest BCUT2D eigenvalue weighted by Gasteiger charge is -2.08. The molecular formula is C12H12FNO3. The summed E-state index contributed by atoms with van der Waals surface area (Å²) in [6, 6.07) is 5.05. The molecule has 17 heavy (non-hydrogen) atoms. The average molecular weight is 237 g/mol. The van der Waals surface area contributed by atoms with Crippen LogP contribution in [-0.2, 0) is 9.53 Å². The Morgan fingerprint density at radius 2 is 1.88 bits per heavy atom. The molecule has 2 N–H and O–H groups in total. The topological polar surface area (TPSA) is 70.4 Å². The van der Waals surface area contributed by atoms with Crippen molar-refractivity contribution in [3.8, 4) is 0 Å². The zero-order valence-corrected chi connectivity index (χ0v) is 9.45. The number of carbonyl (C=O) groups excluding carboxylic acids is 1. The van der Waals surface area contributed by atoms with Gasteiger partial charge in [-0.25, -0.2) is 9.18 Å². The third-order valence-electron chi connectivity index (χ3n) is 2.13. The van der Waals surface area contributed by atoms with E-state index in [9.17, 15) is 14.3 Å². The molecule has 0 aliphatic carbocycles. The van der Waals surface area contributed by atoms with E-state index in [1.807, 2.05) is 0 Å². The first-order valence-electron chi connectivity index (χ1n) is 4.80. The maximum Gasteiger partial charge on any atom is 0.343 e. The molecule has 0 bridgehead atoms. The standard InChI is InChI=1S/C12H12FNO3/c1-7(15)10(12(16)17-2)11(14)8-3-5-9(13)6-4-8/h3-6,14-15H,1-2H3/b10-7+,14-11?. The third-order valence-corrected chi connectivity index (χ3v) is 2.13. The van der Waals surface area contributed by atoms with Gasteiger partial charge in [0.05, 0.1) is 12.8 Å². The van der Waals surface area contributed by atoms with Crippen molar-refractivity contribution in [3.05, 3.63) is 47.0 Å². The van der Waals surface area contributed by atoms with Gasteiger partial charge in [0, 0.05) is 5.56 Å². The van der Waals surface area contributed by atoms with E-state index in [0.29, 0.717) is 5.56 Å². The first-order chi connectivity index (χ1) is 7.97. The van der Waals surface area contributed by atoms with Crippen LogP contribution >= 0.6 is 0 Å². The third kappa shape index (κ3) is 2.90. The van der Waals surface area contributed by atoms with E-state index < -0.39 is 11.8 Å². The van der Waals surface area contributed by atoms with Crippen LogP contribution in [0.2, 0.25) is 0 Å². The highest BCUT2D eigenvalue weighted by molar-refractivity contribution is 6.25. The molecule has 0 unspecified atom stereocenters. The van der Waals surface area contributed by atoms with E-state index in [4.69, 9.17) is 5.41 Å². The number of hydrogen-bond acceptors (Lipinski definition) is 4.